The summed E-state index contributed by atoms with van der Waals surface area (Å²) in [4.78, 5) is 12.3. The molecule has 0 radical (unpaired) electrons. The first-order valence-electron chi connectivity index (χ1n) is 7.13. The maximum Gasteiger partial charge on any atom is 0.258 e. The molecule has 1 amide bonds. The van der Waals surface area contributed by atoms with Crippen LogP contribution < -0.4 is 5.32 Å². The van der Waals surface area contributed by atoms with Crippen LogP contribution in [0.2, 0.25) is 10.0 Å². The van der Waals surface area contributed by atoms with Crippen LogP contribution in [0.15, 0.2) is 36.4 Å². The Morgan fingerprint density at radius 3 is 2.56 bits per heavy atom. The topological polar surface area (TPSA) is 57.8 Å². The number of carbonyl (C=O) groups excluding carboxylic acids is 1. The number of aryl methyl sites for hydroxylation is 1. The first-order valence-corrected chi connectivity index (χ1v) is 7.89. The van der Waals surface area contributed by atoms with Crippen LogP contribution in [0.5, 0.6) is 0 Å². The molecule has 8 heteroatoms. The maximum absolute atomic E-state index is 13.8. The Labute approximate surface area is 151 Å². The molecule has 128 valence electrons. The van der Waals surface area contributed by atoms with Gasteiger partial charge in [0.15, 0.2) is 0 Å². The average Bonchev–Trinajstić information content (AvgIpc) is 2.91. The van der Waals surface area contributed by atoms with Gasteiger partial charge in [0, 0.05) is 11.6 Å². The van der Waals surface area contributed by atoms with Gasteiger partial charge >= 0.3 is 0 Å². The molecule has 0 saturated carbocycles. The number of nitrogens with one attached hydrogen (secondary N) is 2. The highest BCUT2D eigenvalue weighted by Crippen LogP contribution is 2.33. The molecule has 2 N–H and O–H groups in total. The zero-order chi connectivity index (χ0) is 18.1. The van der Waals surface area contributed by atoms with E-state index in [1.54, 1.807) is 25.1 Å². The molecule has 1 heterocycles. The number of nitrogens with zero attached hydrogens (tertiary/aromatic N) is 1. The molecule has 25 heavy (non-hydrogen) atoms. The maximum atomic E-state index is 13.8. The third-order valence-electron chi connectivity index (χ3n) is 3.55. The number of benzene rings is 2. The molecule has 2 aromatic carbocycles. The van der Waals surface area contributed by atoms with Crippen molar-refractivity contribution in [3.8, 4) is 11.3 Å². The molecular weight excluding hydrogens is 371 g/mol. The van der Waals surface area contributed by atoms with Gasteiger partial charge in [0.2, 0.25) is 0 Å². The fourth-order valence-electron chi connectivity index (χ4n) is 2.29. The molecule has 0 atom stereocenters. The fourth-order valence-corrected chi connectivity index (χ4v) is 2.59. The van der Waals surface area contributed by atoms with Crippen molar-refractivity contribution in [2.45, 2.75) is 6.92 Å². The zero-order valence-electron chi connectivity index (χ0n) is 12.8. The zero-order valence-corrected chi connectivity index (χ0v) is 14.3. The van der Waals surface area contributed by atoms with Crippen LogP contribution in [0.25, 0.3) is 11.3 Å². The first-order chi connectivity index (χ1) is 11.9. The number of hydrogen-bond donors (Lipinski definition) is 2. The van der Waals surface area contributed by atoms with Crippen molar-refractivity contribution in [1.29, 1.82) is 0 Å². The van der Waals surface area contributed by atoms with Gasteiger partial charge in [-0.3, -0.25) is 9.89 Å². The van der Waals surface area contributed by atoms with Crippen LogP contribution >= 0.6 is 23.2 Å². The molecule has 0 fully saturated rings. The monoisotopic (exact) mass is 381 g/mol. The summed E-state index contributed by atoms with van der Waals surface area (Å²) in [5.41, 5.74) is 1.70. The first kappa shape index (κ1) is 17.4. The molecule has 3 rings (SSSR count). The van der Waals surface area contributed by atoms with E-state index in [9.17, 15) is 13.6 Å². The van der Waals surface area contributed by atoms with Crippen molar-refractivity contribution in [3.05, 3.63) is 69.3 Å². The summed E-state index contributed by atoms with van der Waals surface area (Å²) in [5.74, 6) is -2.43. The van der Waals surface area contributed by atoms with Gasteiger partial charge in [0.05, 0.1) is 27.0 Å². The molecule has 0 aliphatic heterocycles. The summed E-state index contributed by atoms with van der Waals surface area (Å²) in [7, 11) is 0. The molecule has 4 nitrogen and oxygen atoms in total. The van der Waals surface area contributed by atoms with Crippen molar-refractivity contribution in [2.24, 2.45) is 0 Å². The number of carbonyl (C=O) groups is 1. The highest BCUT2D eigenvalue weighted by atomic mass is 35.5. The van der Waals surface area contributed by atoms with E-state index < -0.39 is 17.5 Å². The van der Waals surface area contributed by atoms with E-state index in [-0.39, 0.29) is 5.56 Å². The van der Waals surface area contributed by atoms with Gasteiger partial charge in [-0.2, -0.15) is 5.10 Å². The second-order valence-corrected chi connectivity index (χ2v) is 6.09. The van der Waals surface area contributed by atoms with Crippen LogP contribution in [0.3, 0.4) is 0 Å². The van der Waals surface area contributed by atoms with E-state index in [1.807, 2.05) is 0 Å². The van der Waals surface area contributed by atoms with Crippen molar-refractivity contribution in [1.82, 2.24) is 10.2 Å². The number of H-pyrrole nitrogens is 1. The Morgan fingerprint density at radius 1 is 1.12 bits per heavy atom. The number of amides is 1. The van der Waals surface area contributed by atoms with Crippen LogP contribution in [-0.2, 0) is 0 Å². The Bertz CT molecular complexity index is 973. The molecule has 0 aliphatic carbocycles. The van der Waals surface area contributed by atoms with E-state index in [2.05, 4.69) is 15.5 Å². The summed E-state index contributed by atoms with van der Waals surface area (Å²) < 4.78 is 26.8. The van der Waals surface area contributed by atoms with Crippen LogP contribution in [-0.4, -0.2) is 16.1 Å². The summed E-state index contributed by atoms with van der Waals surface area (Å²) in [6.07, 6.45) is 0. The van der Waals surface area contributed by atoms with Gasteiger partial charge in [-0.05, 0) is 31.2 Å². The largest absolute Gasteiger partial charge is 0.318 e. The van der Waals surface area contributed by atoms with Gasteiger partial charge < -0.3 is 5.32 Å². The lowest BCUT2D eigenvalue weighted by molar-refractivity contribution is 0.102. The smallest absolute Gasteiger partial charge is 0.258 e. The Kier molecular flexibility index (Phi) is 4.74. The van der Waals surface area contributed by atoms with Gasteiger partial charge in [-0.1, -0.05) is 29.3 Å². The Balaban J connectivity index is 1.97. The quantitative estimate of drug-likeness (QED) is 0.652. The van der Waals surface area contributed by atoms with Gasteiger partial charge in [0.25, 0.3) is 5.91 Å². The second kappa shape index (κ2) is 6.82. The third-order valence-corrected chi connectivity index (χ3v) is 4.29. The Hall–Kier alpha value is -2.44. The number of rotatable bonds is 3. The second-order valence-electron chi connectivity index (χ2n) is 5.28. The predicted octanol–water partition coefficient (Wildman–Crippen LogP) is 5.22. The van der Waals surface area contributed by atoms with Gasteiger partial charge in [0.1, 0.15) is 17.3 Å². The molecule has 0 aliphatic rings. The van der Waals surface area contributed by atoms with E-state index in [0.717, 1.165) is 12.1 Å². The lowest BCUT2D eigenvalue weighted by atomic mass is 10.1. The van der Waals surface area contributed by atoms with E-state index in [1.165, 1.54) is 0 Å². The third kappa shape index (κ3) is 3.50. The number of aromatic nitrogens is 2. The van der Waals surface area contributed by atoms with Gasteiger partial charge in [-0.15, -0.1) is 0 Å². The van der Waals surface area contributed by atoms with Crippen LogP contribution in [0.4, 0.5) is 14.5 Å². The molecule has 0 spiro atoms. The van der Waals surface area contributed by atoms with Crippen LogP contribution in [0, 0.1) is 18.6 Å². The number of anilines is 1. The highest BCUT2D eigenvalue weighted by molar-refractivity contribution is 6.42. The molecule has 0 unspecified atom stereocenters. The number of hydrogen-bond acceptors (Lipinski definition) is 2. The van der Waals surface area contributed by atoms with E-state index in [4.69, 9.17) is 23.2 Å². The average molecular weight is 382 g/mol. The Morgan fingerprint density at radius 2 is 1.88 bits per heavy atom. The molecule has 0 bridgehead atoms. The van der Waals surface area contributed by atoms with Crippen molar-refractivity contribution in [3.63, 3.8) is 0 Å². The van der Waals surface area contributed by atoms with Gasteiger partial charge in [-0.25, -0.2) is 8.78 Å². The lowest BCUT2D eigenvalue weighted by Gasteiger charge is -2.08. The van der Waals surface area contributed by atoms with E-state index >= 15 is 0 Å². The van der Waals surface area contributed by atoms with E-state index in [0.29, 0.717) is 38.8 Å². The minimum atomic E-state index is -0.949. The summed E-state index contributed by atoms with van der Waals surface area (Å²) >= 11 is 11.9. The number of aromatic amines is 1. The minimum absolute atomic E-state index is 0.276. The highest BCUT2D eigenvalue weighted by Gasteiger charge is 2.19. The van der Waals surface area contributed by atoms with Crippen molar-refractivity contribution >= 4 is 34.8 Å². The SMILES string of the molecule is Cc1[nH]nc(-c2ccc(Cl)c(Cl)c2)c1NC(=O)c1ccc(F)cc1F. The summed E-state index contributed by atoms with van der Waals surface area (Å²) in [6.45, 7) is 1.70. The molecule has 0 saturated heterocycles. The predicted molar refractivity (Wildman–Crippen MR) is 93.1 cm³/mol. The summed E-state index contributed by atoms with van der Waals surface area (Å²) in [5, 5.41) is 10.2. The standard InChI is InChI=1S/C17H11Cl2F2N3O/c1-8-15(22-17(25)11-4-3-10(20)7-14(11)21)16(24-23-8)9-2-5-12(18)13(19)6-9/h2-7H,1H3,(H,22,25)(H,23,24). The number of halogens is 4. The lowest BCUT2D eigenvalue weighted by Crippen LogP contribution is -2.14. The molecular formula is C17H11Cl2F2N3O. The van der Waals surface area contributed by atoms with Crippen LogP contribution in [0.1, 0.15) is 16.1 Å². The molecule has 1 aromatic heterocycles. The fraction of sp³-hybridized carbons (Fsp3) is 0.0588. The minimum Gasteiger partial charge on any atom is -0.318 e. The molecule has 3 aromatic rings. The van der Waals surface area contributed by atoms with Crippen molar-refractivity contribution < 1.29 is 13.6 Å². The van der Waals surface area contributed by atoms with Crippen molar-refractivity contribution in [2.75, 3.05) is 5.32 Å². The summed E-state index contributed by atoms with van der Waals surface area (Å²) in [6, 6.07) is 7.64. The normalized spacial score (nSPS) is 10.8.